The number of carbonyl (C=O) groups is 1. The lowest BCUT2D eigenvalue weighted by molar-refractivity contribution is 0.0954. The predicted molar refractivity (Wildman–Crippen MR) is 116 cm³/mol. The molecule has 1 aromatic carbocycles. The van der Waals surface area contributed by atoms with Crippen LogP contribution in [0.1, 0.15) is 37.6 Å². The van der Waals surface area contributed by atoms with Crippen molar-refractivity contribution in [2.45, 2.75) is 27.2 Å². The number of rotatable bonds is 5. The van der Waals surface area contributed by atoms with Crippen LogP contribution < -0.4 is 10.6 Å². The van der Waals surface area contributed by atoms with Crippen LogP contribution in [0.4, 0.5) is 0 Å². The van der Waals surface area contributed by atoms with Crippen molar-refractivity contribution in [1.29, 1.82) is 0 Å². The van der Waals surface area contributed by atoms with E-state index in [-0.39, 0.29) is 35.6 Å². The number of halogens is 1. The van der Waals surface area contributed by atoms with E-state index in [0.717, 1.165) is 25.6 Å². The SMILES string of the molecule is CCNC(=NCCNC(=O)c1ccc(O)cc1)N1CC(C)CC(C)C1.I. The highest BCUT2D eigenvalue weighted by atomic mass is 127. The Morgan fingerprint density at radius 3 is 2.38 bits per heavy atom. The number of piperidine rings is 1. The van der Waals surface area contributed by atoms with Crippen molar-refractivity contribution >= 4 is 35.8 Å². The van der Waals surface area contributed by atoms with Gasteiger partial charge in [0.25, 0.3) is 5.91 Å². The second kappa shape index (κ2) is 11.3. The normalized spacial score (nSPS) is 20.3. The van der Waals surface area contributed by atoms with Crippen LogP contribution in [0.2, 0.25) is 0 Å². The highest BCUT2D eigenvalue weighted by Crippen LogP contribution is 2.20. The molecule has 1 fully saturated rings. The maximum atomic E-state index is 12.0. The lowest BCUT2D eigenvalue weighted by atomic mass is 9.92. The molecule has 0 aromatic heterocycles. The van der Waals surface area contributed by atoms with Gasteiger partial charge in [0.2, 0.25) is 0 Å². The Morgan fingerprint density at radius 2 is 1.81 bits per heavy atom. The van der Waals surface area contributed by atoms with Crippen LogP contribution in [-0.2, 0) is 0 Å². The number of hydrogen-bond acceptors (Lipinski definition) is 3. The van der Waals surface area contributed by atoms with Crippen molar-refractivity contribution in [3.8, 4) is 5.75 Å². The summed E-state index contributed by atoms with van der Waals surface area (Å²) >= 11 is 0. The van der Waals surface area contributed by atoms with E-state index in [1.54, 1.807) is 12.1 Å². The maximum Gasteiger partial charge on any atom is 0.251 e. The maximum absolute atomic E-state index is 12.0. The zero-order valence-corrected chi connectivity index (χ0v) is 18.2. The zero-order chi connectivity index (χ0) is 18.2. The summed E-state index contributed by atoms with van der Waals surface area (Å²) in [5.41, 5.74) is 0.535. The average Bonchev–Trinajstić information content (AvgIpc) is 2.57. The number of aromatic hydroxyl groups is 1. The van der Waals surface area contributed by atoms with Gasteiger partial charge in [-0.1, -0.05) is 13.8 Å². The molecule has 0 radical (unpaired) electrons. The van der Waals surface area contributed by atoms with Gasteiger partial charge in [0.15, 0.2) is 5.96 Å². The van der Waals surface area contributed by atoms with Crippen molar-refractivity contribution in [3.63, 3.8) is 0 Å². The standard InChI is InChI=1S/C19H30N4O2.HI/c1-4-20-19(23-12-14(2)11-15(3)13-23)22-10-9-21-18(25)16-5-7-17(24)8-6-16;/h5-8,14-15,24H,4,9-13H2,1-3H3,(H,20,22)(H,21,25);1H. The van der Waals surface area contributed by atoms with E-state index in [1.807, 2.05) is 0 Å². The van der Waals surface area contributed by atoms with Crippen LogP contribution in [0.15, 0.2) is 29.3 Å². The quantitative estimate of drug-likeness (QED) is 0.266. The number of nitrogens with zero attached hydrogens (tertiary/aromatic N) is 2. The first kappa shape index (κ1) is 22.5. The largest absolute Gasteiger partial charge is 0.508 e. The molecule has 2 atom stereocenters. The van der Waals surface area contributed by atoms with Gasteiger partial charge in [-0.15, -0.1) is 24.0 Å². The number of hydrogen-bond donors (Lipinski definition) is 3. The Bertz CT molecular complexity index is 582. The second-order valence-corrected chi connectivity index (χ2v) is 6.89. The number of amides is 1. The van der Waals surface area contributed by atoms with Gasteiger partial charge < -0.3 is 20.6 Å². The molecular weight excluding hydrogens is 443 g/mol. The van der Waals surface area contributed by atoms with Crippen LogP contribution >= 0.6 is 24.0 Å². The summed E-state index contributed by atoms with van der Waals surface area (Å²) < 4.78 is 0. The highest BCUT2D eigenvalue weighted by Gasteiger charge is 2.23. The Morgan fingerprint density at radius 1 is 1.19 bits per heavy atom. The van der Waals surface area contributed by atoms with Gasteiger partial charge in [-0.2, -0.15) is 0 Å². The molecule has 1 aliphatic rings. The fraction of sp³-hybridized carbons (Fsp3) is 0.579. The van der Waals surface area contributed by atoms with E-state index in [0.29, 0.717) is 30.5 Å². The molecule has 1 saturated heterocycles. The van der Waals surface area contributed by atoms with E-state index < -0.39 is 0 Å². The molecule has 1 aliphatic heterocycles. The summed E-state index contributed by atoms with van der Waals surface area (Å²) in [6.07, 6.45) is 1.26. The monoisotopic (exact) mass is 474 g/mol. The van der Waals surface area contributed by atoms with E-state index in [1.165, 1.54) is 18.6 Å². The Kier molecular flexibility index (Phi) is 9.75. The topological polar surface area (TPSA) is 77.0 Å². The molecule has 0 spiro atoms. The first-order chi connectivity index (χ1) is 12.0. The van der Waals surface area contributed by atoms with E-state index in [4.69, 9.17) is 0 Å². The number of guanidine groups is 1. The van der Waals surface area contributed by atoms with Crippen molar-refractivity contribution in [2.75, 3.05) is 32.7 Å². The number of carbonyl (C=O) groups excluding carboxylic acids is 1. The molecule has 2 unspecified atom stereocenters. The summed E-state index contributed by atoms with van der Waals surface area (Å²) in [4.78, 5) is 19.0. The van der Waals surface area contributed by atoms with Crippen LogP contribution in [-0.4, -0.2) is 54.6 Å². The third-order valence-corrected chi connectivity index (χ3v) is 4.29. The molecule has 146 valence electrons. The van der Waals surface area contributed by atoms with Crippen LogP contribution in [0.3, 0.4) is 0 Å². The number of benzene rings is 1. The lowest BCUT2D eigenvalue weighted by Crippen LogP contribution is -2.48. The van der Waals surface area contributed by atoms with Crippen molar-refractivity contribution in [2.24, 2.45) is 16.8 Å². The zero-order valence-electron chi connectivity index (χ0n) is 15.9. The van der Waals surface area contributed by atoms with Crippen molar-refractivity contribution < 1.29 is 9.90 Å². The smallest absolute Gasteiger partial charge is 0.251 e. The Labute approximate surface area is 173 Å². The summed E-state index contributed by atoms with van der Waals surface area (Å²) in [5, 5.41) is 15.5. The third kappa shape index (κ3) is 7.01. The van der Waals surface area contributed by atoms with Gasteiger partial charge in [-0.3, -0.25) is 9.79 Å². The molecule has 0 saturated carbocycles. The fourth-order valence-corrected chi connectivity index (χ4v) is 3.31. The molecule has 7 heteroatoms. The van der Waals surface area contributed by atoms with Crippen LogP contribution in [0, 0.1) is 11.8 Å². The van der Waals surface area contributed by atoms with E-state index in [9.17, 15) is 9.90 Å². The molecule has 1 heterocycles. The van der Waals surface area contributed by atoms with Gasteiger partial charge in [0.1, 0.15) is 5.75 Å². The van der Waals surface area contributed by atoms with Gasteiger partial charge in [0.05, 0.1) is 6.54 Å². The summed E-state index contributed by atoms with van der Waals surface area (Å²) in [6, 6.07) is 6.23. The number of aliphatic imine (C=N–C) groups is 1. The summed E-state index contributed by atoms with van der Waals surface area (Å²) in [5.74, 6) is 2.27. The van der Waals surface area contributed by atoms with Crippen molar-refractivity contribution in [1.82, 2.24) is 15.5 Å². The summed E-state index contributed by atoms with van der Waals surface area (Å²) in [6.45, 7) is 10.5. The van der Waals surface area contributed by atoms with Crippen molar-refractivity contribution in [3.05, 3.63) is 29.8 Å². The predicted octanol–water partition coefficient (Wildman–Crippen LogP) is 2.68. The minimum absolute atomic E-state index is 0. The van der Waals surface area contributed by atoms with Gasteiger partial charge in [-0.25, -0.2) is 0 Å². The van der Waals surface area contributed by atoms with Gasteiger partial charge in [0, 0.05) is 31.7 Å². The molecule has 1 aromatic rings. The number of likely N-dealkylation sites (tertiary alicyclic amines) is 1. The molecule has 1 amide bonds. The minimum atomic E-state index is -0.152. The van der Waals surface area contributed by atoms with Crippen LogP contribution in [0.5, 0.6) is 5.75 Å². The van der Waals surface area contributed by atoms with E-state index >= 15 is 0 Å². The van der Waals surface area contributed by atoms with Gasteiger partial charge in [-0.05, 0) is 49.4 Å². The molecule has 3 N–H and O–H groups in total. The molecule has 0 aliphatic carbocycles. The first-order valence-electron chi connectivity index (χ1n) is 9.10. The number of phenolic OH excluding ortho intramolecular Hbond substituents is 1. The first-order valence-corrected chi connectivity index (χ1v) is 9.10. The highest BCUT2D eigenvalue weighted by molar-refractivity contribution is 14.0. The number of phenols is 1. The molecule has 2 rings (SSSR count). The average molecular weight is 474 g/mol. The second-order valence-electron chi connectivity index (χ2n) is 6.89. The third-order valence-electron chi connectivity index (χ3n) is 4.29. The van der Waals surface area contributed by atoms with Crippen LogP contribution in [0.25, 0.3) is 0 Å². The minimum Gasteiger partial charge on any atom is -0.508 e. The molecule has 26 heavy (non-hydrogen) atoms. The number of nitrogens with one attached hydrogen (secondary N) is 2. The lowest BCUT2D eigenvalue weighted by Gasteiger charge is -2.37. The Hall–Kier alpha value is -1.51. The molecule has 0 bridgehead atoms. The molecular formula is C19H31IN4O2. The Balaban J connectivity index is 0.00000338. The molecule has 6 nitrogen and oxygen atoms in total. The fourth-order valence-electron chi connectivity index (χ4n) is 3.31. The summed E-state index contributed by atoms with van der Waals surface area (Å²) in [7, 11) is 0. The van der Waals surface area contributed by atoms with Gasteiger partial charge >= 0.3 is 0 Å². The van der Waals surface area contributed by atoms with E-state index in [2.05, 4.69) is 41.3 Å².